The summed E-state index contributed by atoms with van der Waals surface area (Å²) in [4.78, 5) is 12.2. The molecule has 0 aliphatic rings. The Balaban J connectivity index is 1.94. The minimum atomic E-state index is -0.130. The third kappa shape index (κ3) is 2.33. The Hall–Kier alpha value is -2.62. The molecule has 2 aromatic carbocycles. The Kier molecular flexibility index (Phi) is 2.98. The molecule has 0 bridgehead atoms. The van der Waals surface area contributed by atoms with Crippen LogP contribution in [0.15, 0.2) is 71.8 Å². The van der Waals surface area contributed by atoms with Crippen molar-refractivity contribution in [2.24, 2.45) is 0 Å². The number of hydrogen-bond donors (Lipinski definition) is 0. The lowest BCUT2D eigenvalue weighted by Crippen LogP contribution is -2.24. The number of rotatable bonds is 3. The average Bonchev–Trinajstić information content (AvgIpc) is 2.82. The van der Waals surface area contributed by atoms with Crippen LogP contribution in [0.25, 0.3) is 5.69 Å². The van der Waals surface area contributed by atoms with E-state index < -0.39 is 0 Å². The molecular weight excluding hydrogens is 238 g/mol. The first-order valence-corrected chi connectivity index (χ1v) is 6.08. The second-order valence-corrected chi connectivity index (χ2v) is 4.26. The zero-order valence-corrected chi connectivity index (χ0v) is 10.3. The highest BCUT2D eigenvalue weighted by atomic mass is 16.2. The zero-order valence-electron chi connectivity index (χ0n) is 10.3. The summed E-state index contributed by atoms with van der Waals surface area (Å²) in [6, 6.07) is 19.3. The quantitative estimate of drug-likeness (QED) is 0.715. The van der Waals surface area contributed by atoms with E-state index in [4.69, 9.17) is 0 Å². The topological polar surface area (TPSA) is 39.8 Å². The van der Waals surface area contributed by atoms with Crippen molar-refractivity contribution in [3.05, 3.63) is 83.0 Å². The van der Waals surface area contributed by atoms with Gasteiger partial charge in [0.05, 0.1) is 12.2 Å². The van der Waals surface area contributed by atoms with Gasteiger partial charge in [0.15, 0.2) is 0 Å². The van der Waals surface area contributed by atoms with Crippen LogP contribution < -0.4 is 5.69 Å². The number of benzene rings is 2. The van der Waals surface area contributed by atoms with Crippen molar-refractivity contribution in [2.75, 3.05) is 0 Å². The molecule has 0 N–H and O–H groups in total. The number of hydrogen-bond acceptors (Lipinski definition) is 2. The summed E-state index contributed by atoms with van der Waals surface area (Å²) in [5.41, 5.74) is 1.75. The molecule has 0 aliphatic heterocycles. The second kappa shape index (κ2) is 4.94. The molecule has 0 amide bonds. The van der Waals surface area contributed by atoms with E-state index in [9.17, 15) is 4.79 Å². The Morgan fingerprint density at radius 2 is 1.53 bits per heavy atom. The third-order valence-corrected chi connectivity index (χ3v) is 2.94. The molecule has 0 saturated carbocycles. The summed E-state index contributed by atoms with van der Waals surface area (Å²) in [6.45, 7) is 0.486. The van der Waals surface area contributed by atoms with Crippen molar-refractivity contribution in [3.63, 3.8) is 0 Å². The van der Waals surface area contributed by atoms with E-state index in [-0.39, 0.29) is 5.69 Å². The fourth-order valence-corrected chi connectivity index (χ4v) is 1.97. The van der Waals surface area contributed by atoms with Crippen LogP contribution in [0.3, 0.4) is 0 Å². The van der Waals surface area contributed by atoms with E-state index in [1.54, 1.807) is 10.9 Å². The summed E-state index contributed by atoms with van der Waals surface area (Å²) < 4.78 is 3.01. The molecule has 0 unspecified atom stereocenters. The molecule has 0 spiro atoms. The van der Waals surface area contributed by atoms with Gasteiger partial charge in [-0.25, -0.2) is 14.0 Å². The maximum Gasteiger partial charge on any atom is 0.350 e. The summed E-state index contributed by atoms with van der Waals surface area (Å²) >= 11 is 0. The Morgan fingerprint density at radius 3 is 2.21 bits per heavy atom. The van der Waals surface area contributed by atoms with Crippen LogP contribution in [-0.4, -0.2) is 14.3 Å². The number of aromatic nitrogens is 3. The molecule has 3 aromatic rings. The minimum Gasteiger partial charge on any atom is -0.250 e. The van der Waals surface area contributed by atoms with Crippen molar-refractivity contribution < 1.29 is 0 Å². The normalized spacial score (nSPS) is 10.5. The van der Waals surface area contributed by atoms with Crippen molar-refractivity contribution >= 4 is 0 Å². The van der Waals surface area contributed by atoms with Gasteiger partial charge in [0, 0.05) is 0 Å². The molecule has 94 valence electrons. The smallest absolute Gasteiger partial charge is 0.250 e. The van der Waals surface area contributed by atoms with E-state index in [1.807, 2.05) is 60.7 Å². The molecular formula is C15H13N3O. The van der Waals surface area contributed by atoms with Gasteiger partial charge in [0.1, 0.15) is 6.33 Å². The molecule has 4 heteroatoms. The highest BCUT2D eigenvalue weighted by molar-refractivity contribution is 5.30. The van der Waals surface area contributed by atoms with Crippen LogP contribution in [0, 0.1) is 0 Å². The summed E-state index contributed by atoms with van der Waals surface area (Å²) in [5.74, 6) is 0. The molecule has 1 aromatic heterocycles. The van der Waals surface area contributed by atoms with Gasteiger partial charge in [-0.15, -0.1) is 0 Å². The number of para-hydroxylation sites is 1. The predicted molar refractivity (Wildman–Crippen MR) is 73.4 cm³/mol. The standard InChI is InChI=1S/C15H13N3O/c19-15-17(14-9-5-2-6-10-14)12-16-18(15)11-13-7-3-1-4-8-13/h1-10,12H,11H2. The first-order chi connectivity index (χ1) is 9.34. The van der Waals surface area contributed by atoms with Gasteiger partial charge in [-0.1, -0.05) is 48.5 Å². The van der Waals surface area contributed by atoms with Gasteiger partial charge in [-0.2, -0.15) is 5.10 Å². The Morgan fingerprint density at radius 1 is 0.895 bits per heavy atom. The van der Waals surface area contributed by atoms with Gasteiger partial charge in [0.2, 0.25) is 0 Å². The second-order valence-electron chi connectivity index (χ2n) is 4.26. The van der Waals surface area contributed by atoms with Crippen LogP contribution in [-0.2, 0) is 6.54 Å². The Labute approximate surface area is 110 Å². The lowest BCUT2D eigenvalue weighted by molar-refractivity contribution is 0.653. The van der Waals surface area contributed by atoms with E-state index in [2.05, 4.69) is 5.10 Å². The molecule has 19 heavy (non-hydrogen) atoms. The minimum absolute atomic E-state index is 0.130. The fourth-order valence-electron chi connectivity index (χ4n) is 1.97. The van der Waals surface area contributed by atoms with Crippen LogP contribution in [0.5, 0.6) is 0 Å². The lowest BCUT2D eigenvalue weighted by atomic mass is 10.2. The van der Waals surface area contributed by atoms with E-state index in [1.165, 1.54) is 4.68 Å². The molecule has 4 nitrogen and oxygen atoms in total. The summed E-state index contributed by atoms with van der Waals surface area (Å²) in [7, 11) is 0. The van der Waals surface area contributed by atoms with E-state index in [0.717, 1.165) is 11.3 Å². The van der Waals surface area contributed by atoms with Crippen LogP contribution in [0.4, 0.5) is 0 Å². The van der Waals surface area contributed by atoms with E-state index >= 15 is 0 Å². The highest BCUT2D eigenvalue weighted by Gasteiger charge is 2.06. The SMILES string of the molecule is O=c1n(-c2ccccc2)cnn1Cc1ccccc1. The van der Waals surface area contributed by atoms with Gasteiger partial charge in [-0.05, 0) is 17.7 Å². The lowest BCUT2D eigenvalue weighted by Gasteiger charge is -2.00. The molecule has 0 radical (unpaired) electrons. The van der Waals surface area contributed by atoms with E-state index in [0.29, 0.717) is 6.54 Å². The summed E-state index contributed by atoms with van der Waals surface area (Å²) in [6.07, 6.45) is 1.56. The molecule has 3 rings (SSSR count). The van der Waals surface area contributed by atoms with Crippen molar-refractivity contribution in [2.45, 2.75) is 6.54 Å². The van der Waals surface area contributed by atoms with Crippen LogP contribution >= 0.6 is 0 Å². The maximum absolute atomic E-state index is 12.2. The predicted octanol–water partition coefficient (Wildman–Crippen LogP) is 2.08. The van der Waals surface area contributed by atoms with Crippen LogP contribution in [0.2, 0.25) is 0 Å². The van der Waals surface area contributed by atoms with Gasteiger partial charge >= 0.3 is 5.69 Å². The molecule has 0 atom stereocenters. The van der Waals surface area contributed by atoms with Crippen molar-refractivity contribution in [3.8, 4) is 5.69 Å². The van der Waals surface area contributed by atoms with Crippen molar-refractivity contribution in [1.29, 1.82) is 0 Å². The monoisotopic (exact) mass is 251 g/mol. The average molecular weight is 251 g/mol. The van der Waals surface area contributed by atoms with Crippen LogP contribution in [0.1, 0.15) is 5.56 Å². The molecule has 1 heterocycles. The molecule has 0 saturated heterocycles. The molecule has 0 aliphatic carbocycles. The fraction of sp³-hybridized carbons (Fsp3) is 0.0667. The van der Waals surface area contributed by atoms with Gasteiger partial charge < -0.3 is 0 Å². The number of nitrogens with zero attached hydrogens (tertiary/aromatic N) is 3. The zero-order chi connectivity index (χ0) is 13.1. The maximum atomic E-state index is 12.2. The van der Waals surface area contributed by atoms with Gasteiger partial charge in [-0.3, -0.25) is 0 Å². The third-order valence-electron chi connectivity index (χ3n) is 2.94. The summed E-state index contributed by atoms with van der Waals surface area (Å²) in [5, 5.41) is 4.15. The molecule has 0 fully saturated rings. The first kappa shape index (κ1) is 11.5. The van der Waals surface area contributed by atoms with Crippen molar-refractivity contribution in [1.82, 2.24) is 14.3 Å². The first-order valence-electron chi connectivity index (χ1n) is 6.08. The Bertz CT molecular complexity index is 714. The largest absolute Gasteiger partial charge is 0.350 e. The van der Waals surface area contributed by atoms with Gasteiger partial charge in [0.25, 0.3) is 0 Å². The highest BCUT2D eigenvalue weighted by Crippen LogP contribution is 2.04.